The van der Waals surface area contributed by atoms with Crippen molar-refractivity contribution in [1.82, 2.24) is 0 Å². The summed E-state index contributed by atoms with van der Waals surface area (Å²) in [4.78, 5) is 33.8. The molecule has 0 bridgehead atoms. The summed E-state index contributed by atoms with van der Waals surface area (Å²) in [5, 5.41) is 2.91. The minimum absolute atomic E-state index is 0.0120. The van der Waals surface area contributed by atoms with Crippen molar-refractivity contribution in [3.63, 3.8) is 0 Å². The van der Waals surface area contributed by atoms with Crippen molar-refractivity contribution in [3.05, 3.63) is 47.0 Å². The zero-order chi connectivity index (χ0) is 35.7. The van der Waals surface area contributed by atoms with Crippen molar-refractivity contribution in [2.24, 2.45) is 10.4 Å². The molecule has 2 aromatic carbocycles. The first-order chi connectivity index (χ1) is 22.7. The summed E-state index contributed by atoms with van der Waals surface area (Å²) in [7, 11) is -3.60. The molecule has 2 rings (SSSR count). The van der Waals surface area contributed by atoms with Gasteiger partial charge in [-0.25, -0.2) is 13.4 Å². The smallest absolute Gasteiger partial charge is 0.278 e. The summed E-state index contributed by atoms with van der Waals surface area (Å²) in [6, 6.07) is 10.3. The van der Waals surface area contributed by atoms with Gasteiger partial charge >= 0.3 is 0 Å². The highest BCUT2D eigenvalue weighted by atomic mass is 35.5. The van der Waals surface area contributed by atoms with Crippen LogP contribution in [0.5, 0.6) is 0 Å². The number of rotatable bonds is 22. The largest absolute Gasteiger partial charge is 0.372 e. The van der Waals surface area contributed by atoms with Crippen molar-refractivity contribution in [2.75, 3.05) is 33.8 Å². The molecule has 0 atom stereocenters. The molecule has 268 valence electrons. The number of hydrogen-bond donors (Lipinski definition) is 2. The highest BCUT2D eigenvalue weighted by Gasteiger charge is 2.31. The van der Waals surface area contributed by atoms with Crippen LogP contribution >= 0.6 is 11.6 Å². The second-order valence-corrected chi connectivity index (χ2v) is 15.9. The van der Waals surface area contributed by atoms with Crippen LogP contribution in [0, 0.1) is 12.3 Å². The third-order valence-electron chi connectivity index (χ3n) is 8.41. The fraction of sp³-hybridized carbons (Fsp3) is 0.605. The van der Waals surface area contributed by atoms with Crippen LogP contribution < -0.4 is 14.9 Å². The molecule has 0 aliphatic heterocycles. The first-order valence-electron chi connectivity index (χ1n) is 17.8. The van der Waals surface area contributed by atoms with Gasteiger partial charge in [-0.05, 0) is 69.2 Å². The molecule has 0 aliphatic carbocycles. The van der Waals surface area contributed by atoms with Gasteiger partial charge in [0.2, 0.25) is 10.0 Å². The Labute approximate surface area is 295 Å². The molecule has 0 fully saturated rings. The summed E-state index contributed by atoms with van der Waals surface area (Å²) in [5.74, 6) is -1.14. The van der Waals surface area contributed by atoms with E-state index in [0.717, 1.165) is 43.6 Å². The topological polar surface area (TPSA) is 108 Å². The van der Waals surface area contributed by atoms with E-state index in [1.165, 1.54) is 63.5 Å². The van der Waals surface area contributed by atoms with E-state index in [2.05, 4.69) is 40.7 Å². The van der Waals surface area contributed by atoms with E-state index in [4.69, 9.17) is 11.6 Å². The number of unbranched alkanes of at least 4 members (excludes halogenated alkanes) is 11. The number of hydrogen-bond acceptors (Lipinski definition) is 6. The Morgan fingerprint density at radius 2 is 1.38 bits per heavy atom. The number of carbonyl (C=O) groups is 2. The normalized spacial score (nSPS) is 12.2. The van der Waals surface area contributed by atoms with Crippen LogP contribution in [0.1, 0.15) is 124 Å². The summed E-state index contributed by atoms with van der Waals surface area (Å²) in [5.41, 5.74) is 1.70. The fourth-order valence-electron chi connectivity index (χ4n) is 5.46. The Kier molecular flexibility index (Phi) is 17.7. The quantitative estimate of drug-likeness (QED) is 0.0721. The van der Waals surface area contributed by atoms with E-state index < -0.39 is 27.1 Å². The van der Waals surface area contributed by atoms with Gasteiger partial charge in [0.25, 0.3) is 5.91 Å². The third-order valence-corrected chi connectivity index (χ3v) is 10.1. The predicted molar refractivity (Wildman–Crippen MR) is 205 cm³/mol. The van der Waals surface area contributed by atoms with Crippen LogP contribution in [0.15, 0.2) is 41.4 Å². The molecule has 0 radical (unpaired) electrons. The van der Waals surface area contributed by atoms with E-state index in [1.807, 2.05) is 25.1 Å². The third kappa shape index (κ3) is 14.3. The van der Waals surface area contributed by atoms with Gasteiger partial charge in [-0.1, -0.05) is 110 Å². The number of benzene rings is 2. The number of Topliss-reactive ketones (excluding diaryl/α,β-unsaturated/α-hetero) is 1. The Morgan fingerprint density at radius 1 is 0.812 bits per heavy atom. The lowest BCUT2D eigenvalue weighted by Crippen LogP contribution is -2.37. The standard InChI is InChI=1S/C38H59ClN4O4S/c1-8-11-12-13-14-15-16-17-18-19-20-21-26-48(46,47)42-30-22-24-32(39)34(28-30)41-37(45)35(36(44)38(5,6)7)40-33-25-23-31(27-29(33)4)43(9-2)10-3/h22-25,27-28,42H,8-21,26H2,1-7H3,(H,41,45). The van der Waals surface area contributed by atoms with Crippen LogP contribution in [-0.4, -0.2) is 44.7 Å². The van der Waals surface area contributed by atoms with Gasteiger partial charge in [-0.2, -0.15) is 0 Å². The van der Waals surface area contributed by atoms with Crippen LogP contribution in [0.4, 0.5) is 22.7 Å². The zero-order valence-corrected chi connectivity index (χ0v) is 32.0. The lowest BCUT2D eigenvalue weighted by Gasteiger charge is -2.22. The molecule has 0 saturated heterocycles. The SMILES string of the molecule is CCCCCCCCCCCCCCS(=O)(=O)Nc1ccc(Cl)c(NC(=O)C(=Nc2ccc(N(CC)CC)cc2C)C(=O)C(C)(C)C)c1. The van der Waals surface area contributed by atoms with Crippen molar-refractivity contribution in [2.45, 2.75) is 126 Å². The van der Waals surface area contributed by atoms with Crippen LogP contribution in [0.2, 0.25) is 5.02 Å². The van der Waals surface area contributed by atoms with Gasteiger partial charge in [0.1, 0.15) is 0 Å². The molecular weight excluding hydrogens is 644 g/mol. The molecule has 0 saturated carbocycles. The summed E-state index contributed by atoms with van der Waals surface area (Å²) >= 11 is 6.42. The molecule has 2 N–H and O–H groups in total. The number of aryl methyl sites for hydroxylation is 1. The first-order valence-corrected chi connectivity index (χ1v) is 19.9. The zero-order valence-electron chi connectivity index (χ0n) is 30.4. The minimum Gasteiger partial charge on any atom is -0.372 e. The van der Waals surface area contributed by atoms with Crippen molar-refractivity contribution >= 4 is 61.8 Å². The molecule has 0 unspecified atom stereocenters. The van der Waals surface area contributed by atoms with Gasteiger partial charge in [0.15, 0.2) is 11.5 Å². The molecule has 0 aliphatic rings. The number of aliphatic imine (C=N–C) groups is 1. The molecule has 8 nitrogen and oxygen atoms in total. The van der Waals surface area contributed by atoms with Gasteiger partial charge in [-0.3, -0.25) is 14.3 Å². The number of ketones is 1. The Hall–Kier alpha value is -2.91. The molecule has 0 heterocycles. The molecule has 1 amide bonds. The van der Waals surface area contributed by atoms with E-state index in [1.54, 1.807) is 26.8 Å². The first kappa shape index (κ1) is 41.3. The maximum Gasteiger partial charge on any atom is 0.278 e. The van der Waals surface area contributed by atoms with Gasteiger partial charge in [0, 0.05) is 24.2 Å². The summed E-state index contributed by atoms with van der Waals surface area (Å²) in [6.07, 6.45) is 13.9. The predicted octanol–water partition coefficient (Wildman–Crippen LogP) is 10.3. The molecule has 48 heavy (non-hydrogen) atoms. The Bertz CT molecular complexity index is 1460. The molecule has 2 aromatic rings. The van der Waals surface area contributed by atoms with E-state index in [9.17, 15) is 18.0 Å². The van der Waals surface area contributed by atoms with Crippen molar-refractivity contribution in [3.8, 4) is 0 Å². The van der Waals surface area contributed by atoms with Gasteiger partial charge in [0.05, 0.1) is 27.8 Å². The monoisotopic (exact) mass is 702 g/mol. The van der Waals surface area contributed by atoms with Crippen LogP contribution in [0.3, 0.4) is 0 Å². The minimum atomic E-state index is -3.60. The average molecular weight is 703 g/mol. The second-order valence-electron chi connectivity index (χ2n) is 13.6. The second kappa shape index (κ2) is 20.6. The van der Waals surface area contributed by atoms with Gasteiger partial charge in [-0.15, -0.1) is 0 Å². The molecule has 0 aromatic heterocycles. The molecule has 10 heteroatoms. The van der Waals surface area contributed by atoms with Crippen LogP contribution in [0.25, 0.3) is 0 Å². The summed E-state index contributed by atoms with van der Waals surface area (Å²) in [6.45, 7) is 15.2. The van der Waals surface area contributed by atoms with E-state index in [-0.39, 0.29) is 27.9 Å². The number of nitrogens with one attached hydrogen (secondary N) is 2. The number of amides is 1. The van der Waals surface area contributed by atoms with E-state index in [0.29, 0.717) is 12.1 Å². The Balaban J connectivity index is 2.06. The van der Waals surface area contributed by atoms with E-state index >= 15 is 0 Å². The lowest BCUT2D eigenvalue weighted by molar-refractivity contribution is -0.121. The Morgan fingerprint density at radius 3 is 1.90 bits per heavy atom. The number of nitrogens with zero attached hydrogens (tertiary/aromatic N) is 2. The lowest BCUT2D eigenvalue weighted by atomic mass is 9.87. The molecule has 0 spiro atoms. The number of sulfonamides is 1. The average Bonchev–Trinajstić information content (AvgIpc) is 3.02. The summed E-state index contributed by atoms with van der Waals surface area (Å²) < 4.78 is 28.3. The van der Waals surface area contributed by atoms with Crippen molar-refractivity contribution < 1.29 is 18.0 Å². The van der Waals surface area contributed by atoms with Gasteiger partial charge < -0.3 is 10.2 Å². The maximum atomic E-state index is 13.6. The van der Waals surface area contributed by atoms with Crippen molar-refractivity contribution in [1.29, 1.82) is 0 Å². The maximum absolute atomic E-state index is 13.6. The molecular formula is C38H59ClN4O4S. The van der Waals surface area contributed by atoms with Crippen LogP contribution in [-0.2, 0) is 19.6 Å². The highest BCUT2D eigenvalue weighted by molar-refractivity contribution is 7.92. The number of anilines is 3. The number of halogens is 1. The fourth-order valence-corrected chi connectivity index (χ4v) is 6.80. The highest BCUT2D eigenvalue weighted by Crippen LogP contribution is 2.29. The number of carbonyl (C=O) groups excluding carboxylic acids is 2.